The molecule has 1 aromatic heterocycles. The molecule has 0 aliphatic carbocycles. The Labute approximate surface area is 193 Å². The number of rotatable bonds is 5. The first-order valence-electron chi connectivity index (χ1n) is 11.0. The summed E-state index contributed by atoms with van der Waals surface area (Å²) >= 11 is 1.37. The van der Waals surface area contributed by atoms with E-state index in [1.54, 1.807) is 27.4 Å². The first-order valence-corrected chi connectivity index (χ1v) is 13.3. The highest BCUT2D eigenvalue weighted by atomic mass is 32.2. The third-order valence-electron chi connectivity index (χ3n) is 6.14. The van der Waals surface area contributed by atoms with E-state index in [1.807, 2.05) is 11.4 Å². The van der Waals surface area contributed by atoms with Gasteiger partial charge in [-0.2, -0.15) is 4.31 Å². The fraction of sp³-hybridized carbons (Fsp3) is 0.478. The molecule has 2 amide bonds. The van der Waals surface area contributed by atoms with Crippen LogP contribution in [0.2, 0.25) is 0 Å². The van der Waals surface area contributed by atoms with E-state index in [9.17, 15) is 18.0 Å². The van der Waals surface area contributed by atoms with Gasteiger partial charge in [-0.3, -0.25) is 9.59 Å². The molecule has 2 fully saturated rings. The van der Waals surface area contributed by atoms with E-state index in [0.29, 0.717) is 48.5 Å². The first-order chi connectivity index (χ1) is 15.3. The van der Waals surface area contributed by atoms with Crippen LogP contribution in [0.1, 0.15) is 42.8 Å². The topological polar surface area (TPSA) is 86.8 Å². The number of amides is 2. The average Bonchev–Trinajstić information content (AvgIpc) is 3.45. The largest absolute Gasteiger partial charge is 0.326 e. The van der Waals surface area contributed by atoms with E-state index in [2.05, 4.69) is 19.2 Å². The lowest BCUT2D eigenvalue weighted by atomic mass is 9.94. The van der Waals surface area contributed by atoms with E-state index < -0.39 is 16.1 Å². The second-order valence-corrected chi connectivity index (χ2v) is 11.8. The minimum Gasteiger partial charge on any atom is -0.326 e. The van der Waals surface area contributed by atoms with Crippen LogP contribution in [0, 0.1) is 11.8 Å². The number of hydrogen-bond donors (Lipinski definition) is 1. The van der Waals surface area contributed by atoms with Gasteiger partial charge in [-0.15, -0.1) is 11.3 Å². The third kappa shape index (κ3) is 4.74. The Hall–Kier alpha value is -2.23. The number of likely N-dealkylation sites (tertiary alicyclic amines) is 1. The second-order valence-electron chi connectivity index (χ2n) is 8.92. The van der Waals surface area contributed by atoms with Crippen molar-refractivity contribution in [3.05, 3.63) is 46.7 Å². The molecule has 3 heterocycles. The molecule has 9 heteroatoms. The molecule has 0 saturated carbocycles. The van der Waals surface area contributed by atoms with Crippen molar-refractivity contribution in [3.8, 4) is 0 Å². The maximum absolute atomic E-state index is 13.0. The Balaban J connectivity index is 1.43. The molecule has 0 radical (unpaired) electrons. The van der Waals surface area contributed by atoms with E-state index in [-0.39, 0.29) is 16.7 Å². The normalized spacial score (nSPS) is 24.4. The van der Waals surface area contributed by atoms with Crippen LogP contribution in [0.3, 0.4) is 0 Å². The van der Waals surface area contributed by atoms with Gasteiger partial charge in [0.05, 0.1) is 9.77 Å². The number of thiophene rings is 1. The number of carbonyl (C=O) groups excluding carboxylic acids is 2. The lowest BCUT2D eigenvalue weighted by molar-refractivity contribution is -0.119. The highest BCUT2D eigenvalue weighted by Gasteiger charge is 2.35. The smallest absolute Gasteiger partial charge is 0.264 e. The number of nitrogens with one attached hydrogen (secondary N) is 1. The molecule has 2 aromatic rings. The van der Waals surface area contributed by atoms with Crippen molar-refractivity contribution in [2.45, 2.75) is 44.0 Å². The zero-order valence-electron chi connectivity index (χ0n) is 18.4. The van der Waals surface area contributed by atoms with E-state index >= 15 is 0 Å². The third-order valence-corrected chi connectivity index (χ3v) is 8.85. The van der Waals surface area contributed by atoms with Gasteiger partial charge in [0, 0.05) is 25.3 Å². The van der Waals surface area contributed by atoms with Crippen LogP contribution in [0.4, 0.5) is 5.69 Å². The van der Waals surface area contributed by atoms with Gasteiger partial charge in [0.15, 0.2) is 0 Å². The van der Waals surface area contributed by atoms with Crippen LogP contribution in [-0.2, 0) is 14.8 Å². The van der Waals surface area contributed by atoms with Crippen molar-refractivity contribution in [1.82, 2.24) is 9.21 Å². The molecular formula is C23H29N3O4S2. The number of piperidine rings is 1. The SMILES string of the molecule is C[C@@H]1C[C@@H](C)CN(S(=O)(=O)c2ccc(NC(=O)[C@@H]3CCCN3C(=O)c3cccs3)cc2)C1. The average molecular weight is 476 g/mol. The molecule has 2 saturated heterocycles. The molecule has 1 N–H and O–H groups in total. The van der Waals surface area contributed by atoms with Gasteiger partial charge >= 0.3 is 0 Å². The van der Waals surface area contributed by atoms with Crippen LogP contribution in [0.5, 0.6) is 0 Å². The summed E-state index contributed by atoms with van der Waals surface area (Å²) in [4.78, 5) is 28.1. The van der Waals surface area contributed by atoms with Gasteiger partial charge in [-0.25, -0.2) is 8.42 Å². The van der Waals surface area contributed by atoms with Gasteiger partial charge in [-0.05, 0) is 66.8 Å². The molecule has 4 rings (SSSR count). The Morgan fingerprint density at radius 2 is 1.75 bits per heavy atom. The van der Waals surface area contributed by atoms with Crippen molar-refractivity contribution in [1.29, 1.82) is 0 Å². The molecule has 1 aromatic carbocycles. The van der Waals surface area contributed by atoms with Crippen LogP contribution in [0.15, 0.2) is 46.7 Å². The van der Waals surface area contributed by atoms with Gasteiger partial charge in [0.1, 0.15) is 6.04 Å². The molecule has 0 unspecified atom stereocenters. The summed E-state index contributed by atoms with van der Waals surface area (Å²) in [5.41, 5.74) is 0.518. The zero-order chi connectivity index (χ0) is 22.9. The molecule has 32 heavy (non-hydrogen) atoms. The lowest BCUT2D eigenvalue weighted by Gasteiger charge is -2.34. The second kappa shape index (κ2) is 9.33. The number of carbonyl (C=O) groups is 2. The molecule has 2 aliphatic rings. The van der Waals surface area contributed by atoms with Crippen LogP contribution < -0.4 is 5.32 Å². The summed E-state index contributed by atoms with van der Waals surface area (Å²) < 4.78 is 27.7. The molecule has 7 nitrogen and oxygen atoms in total. The maximum atomic E-state index is 13.0. The highest BCUT2D eigenvalue weighted by Crippen LogP contribution is 2.28. The van der Waals surface area contributed by atoms with E-state index in [1.165, 1.54) is 23.5 Å². The standard InChI is InChI=1S/C23H29N3O4S2/c1-16-13-17(2)15-25(14-16)32(29,30)19-9-7-18(8-10-19)24-22(27)20-5-3-11-26(20)23(28)21-6-4-12-31-21/h4,6-10,12,16-17,20H,3,5,11,13-15H2,1-2H3,(H,24,27)/t16-,17-,20+/m1/s1. The number of hydrogen-bond acceptors (Lipinski definition) is 5. The summed E-state index contributed by atoms with van der Waals surface area (Å²) in [7, 11) is -3.56. The van der Waals surface area contributed by atoms with Gasteiger partial charge in [0.2, 0.25) is 15.9 Å². The van der Waals surface area contributed by atoms with E-state index in [0.717, 1.165) is 12.8 Å². The number of anilines is 1. The van der Waals surface area contributed by atoms with Crippen LogP contribution >= 0.6 is 11.3 Å². The van der Waals surface area contributed by atoms with E-state index in [4.69, 9.17) is 0 Å². The van der Waals surface area contributed by atoms with Crippen LogP contribution in [-0.4, -0.2) is 55.1 Å². The monoisotopic (exact) mass is 475 g/mol. The van der Waals surface area contributed by atoms with Crippen molar-refractivity contribution < 1.29 is 18.0 Å². The highest BCUT2D eigenvalue weighted by molar-refractivity contribution is 7.89. The predicted octanol–water partition coefficient (Wildman–Crippen LogP) is 3.66. The van der Waals surface area contributed by atoms with Crippen LogP contribution in [0.25, 0.3) is 0 Å². The summed E-state index contributed by atoms with van der Waals surface area (Å²) in [5, 5.41) is 4.69. The Morgan fingerprint density at radius 1 is 1.06 bits per heavy atom. The minimum atomic E-state index is -3.56. The molecule has 3 atom stereocenters. The minimum absolute atomic E-state index is 0.121. The fourth-order valence-electron chi connectivity index (χ4n) is 4.71. The Morgan fingerprint density at radius 3 is 2.38 bits per heavy atom. The molecular weight excluding hydrogens is 446 g/mol. The lowest BCUT2D eigenvalue weighted by Crippen LogP contribution is -2.43. The summed E-state index contributed by atoms with van der Waals surface area (Å²) in [5.74, 6) is 0.294. The van der Waals surface area contributed by atoms with Crippen molar-refractivity contribution in [2.75, 3.05) is 25.0 Å². The van der Waals surface area contributed by atoms with Gasteiger partial charge < -0.3 is 10.2 Å². The molecule has 172 valence electrons. The fourth-order valence-corrected chi connectivity index (χ4v) is 7.07. The zero-order valence-corrected chi connectivity index (χ0v) is 20.0. The number of benzene rings is 1. The Bertz CT molecular complexity index is 1060. The maximum Gasteiger partial charge on any atom is 0.264 e. The van der Waals surface area contributed by atoms with Crippen molar-refractivity contribution in [3.63, 3.8) is 0 Å². The van der Waals surface area contributed by atoms with Crippen molar-refractivity contribution >= 4 is 38.9 Å². The molecule has 0 spiro atoms. The summed E-state index contributed by atoms with van der Waals surface area (Å²) in [6.07, 6.45) is 2.42. The molecule has 0 bridgehead atoms. The summed E-state index contributed by atoms with van der Waals surface area (Å²) in [6.45, 7) is 5.76. The first kappa shape index (κ1) is 22.9. The van der Waals surface area contributed by atoms with Gasteiger partial charge in [-0.1, -0.05) is 19.9 Å². The summed E-state index contributed by atoms with van der Waals surface area (Å²) in [6, 6.07) is 9.37. The quantitative estimate of drug-likeness (QED) is 0.715. The predicted molar refractivity (Wildman–Crippen MR) is 125 cm³/mol. The Kier molecular flexibility index (Phi) is 6.69. The molecule has 2 aliphatic heterocycles. The number of sulfonamides is 1. The van der Waals surface area contributed by atoms with Gasteiger partial charge in [0.25, 0.3) is 5.91 Å². The van der Waals surface area contributed by atoms with Crippen molar-refractivity contribution in [2.24, 2.45) is 11.8 Å². The number of nitrogens with zero attached hydrogens (tertiary/aromatic N) is 2.